The molecule has 1 aromatic heterocycles. The van der Waals surface area contributed by atoms with Crippen LogP contribution in [0, 0.1) is 12.3 Å². The zero-order valence-corrected chi connectivity index (χ0v) is 6.02. The summed E-state index contributed by atoms with van der Waals surface area (Å²) in [6, 6.07) is 0. The minimum absolute atomic E-state index is 0.0231. The van der Waals surface area contributed by atoms with E-state index < -0.39 is 0 Å². The maximum Gasteiger partial charge on any atom is 0.186 e. The largest absolute Gasteiger partial charge is 0.292 e. The number of ketones is 1. The lowest BCUT2D eigenvalue weighted by atomic mass is 10.3. The Bertz CT molecular complexity index is 258. The number of Topliss-reactive ketones (excluding diaryl/α,β-unsaturated/α-hetero) is 1. The summed E-state index contributed by atoms with van der Waals surface area (Å²) in [4.78, 5) is 15.3. The van der Waals surface area contributed by atoms with E-state index >= 15 is 0 Å². The van der Waals surface area contributed by atoms with Gasteiger partial charge < -0.3 is 0 Å². The summed E-state index contributed by atoms with van der Waals surface area (Å²) in [7, 11) is 0. The third kappa shape index (κ3) is 1.42. The van der Waals surface area contributed by atoms with E-state index in [-0.39, 0.29) is 12.2 Å². The molecule has 2 nitrogen and oxygen atoms in total. The maximum absolute atomic E-state index is 10.9. The predicted molar refractivity (Wildman–Crippen MR) is 39.9 cm³/mol. The predicted octanol–water partition coefficient (Wildman–Crippen LogP) is 1.35. The van der Waals surface area contributed by atoms with E-state index in [9.17, 15) is 4.79 Å². The topological polar surface area (TPSA) is 30.0 Å². The summed E-state index contributed by atoms with van der Waals surface area (Å²) in [6.45, 7) is 0. The Labute approximate surface area is 62.9 Å². The van der Waals surface area contributed by atoms with Crippen LogP contribution in [0.4, 0.5) is 0 Å². The zero-order valence-electron chi connectivity index (χ0n) is 5.20. The molecule has 0 spiro atoms. The quantitative estimate of drug-likeness (QED) is 0.471. The first-order valence-electron chi connectivity index (χ1n) is 2.69. The van der Waals surface area contributed by atoms with Gasteiger partial charge in [0.25, 0.3) is 0 Å². The Morgan fingerprint density at radius 1 is 1.90 bits per heavy atom. The van der Waals surface area contributed by atoms with Crippen LogP contribution in [0.25, 0.3) is 0 Å². The van der Waals surface area contributed by atoms with Crippen molar-refractivity contribution < 1.29 is 4.79 Å². The first kappa shape index (κ1) is 6.97. The highest BCUT2D eigenvalue weighted by Gasteiger charge is 2.03. The van der Waals surface area contributed by atoms with Crippen LogP contribution >= 0.6 is 11.3 Å². The number of rotatable bonds is 2. The lowest BCUT2D eigenvalue weighted by Crippen LogP contribution is -1.92. The van der Waals surface area contributed by atoms with Crippen LogP contribution in [0.5, 0.6) is 0 Å². The number of thiazole rings is 1. The van der Waals surface area contributed by atoms with Gasteiger partial charge in [-0.3, -0.25) is 9.78 Å². The molecule has 0 amide bonds. The fourth-order valence-electron chi connectivity index (χ4n) is 0.533. The normalized spacial score (nSPS) is 8.70. The molecular formula is C7H5NOS. The van der Waals surface area contributed by atoms with Crippen LogP contribution in [0.3, 0.4) is 0 Å². The van der Waals surface area contributed by atoms with E-state index in [1.807, 2.05) is 0 Å². The van der Waals surface area contributed by atoms with Gasteiger partial charge in [0.15, 0.2) is 5.78 Å². The minimum atomic E-state index is -0.0231. The van der Waals surface area contributed by atoms with E-state index in [1.165, 1.54) is 17.5 Å². The molecule has 10 heavy (non-hydrogen) atoms. The van der Waals surface area contributed by atoms with Gasteiger partial charge in [-0.25, -0.2) is 0 Å². The van der Waals surface area contributed by atoms with Crippen LogP contribution in [-0.2, 0) is 0 Å². The summed E-state index contributed by atoms with van der Waals surface area (Å²) in [5, 5.41) is 0. The fourth-order valence-corrected chi connectivity index (χ4v) is 1.09. The van der Waals surface area contributed by atoms with Crippen molar-refractivity contribution in [2.24, 2.45) is 0 Å². The average molecular weight is 151 g/mol. The van der Waals surface area contributed by atoms with Crippen molar-refractivity contribution in [2.75, 3.05) is 0 Å². The van der Waals surface area contributed by atoms with E-state index in [0.29, 0.717) is 4.88 Å². The molecule has 0 aliphatic rings. The molecule has 0 aliphatic carbocycles. The van der Waals surface area contributed by atoms with Gasteiger partial charge in [0.2, 0.25) is 0 Å². The van der Waals surface area contributed by atoms with Gasteiger partial charge in [0.05, 0.1) is 16.8 Å². The molecular weight excluding hydrogens is 146 g/mol. The smallest absolute Gasteiger partial charge is 0.186 e. The summed E-state index contributed by atoms with van der Waals surface area (Å²) < 4.78 is 0. The maximum atomic E-state index is 10.9. The highest BCUT2D eigenvalue weighted by molar-refractivity contribution is 7.11. The van der Waals surface area contributed by atoms with Gasteiger partial charge in [-0.1, -0.05) is 5.92 Å². The number of terminal acetylenes is 1. The zero-order chi connectivity index (χ0) is 7.40. The molecule has 0 bridgehead atoms. The number of nitrogens with zero attached hydrogens (tertiary/aromatic N) is 1. The Hall–Kier alpha value is -1.14. The van der Waals surface area contributed by atoms with E-state index in [2.05, 4.69) is 10.9 Å². The second-order valence-electron chi connectivity index (χ2n) is 1.67. The molecule has 0 radical (unpaired) electrons. The fraction of sp³-hybridized carbons (Fsp3) is 0.143. The Kier molecular flexibility index (Phi) is 2.19. The number of hydrogen-bond acceptors (Lipinski definition) is 3. The first-order chi connectivity index (χ1) is 4.84. The molecule has 0 saturated heterocycles. The van der Waals surface area contributed by atoms with Gasteiger partial charge in [-0.2, -0.15) is 0 Å². The molecule has 0 aliphatic heterocycles. The van der Waals surface area contributed by atoms with Crippen molar-refractivity contribution in [2.45, 2.75) is 6.42 Å². The molecule has 0 saturated carbocycles. The molecule has 1 rings (SSSR count). The number of aromatic nitrogens is 1. The van der Waals surface area contributed by atoms with E-state index in [1.54, 1.807) is 5.51 Å². The Morgan fingerprint density at radius 3 is 3.20 bits per heavy atom. The second kappa shape index (κ2) is 3.14. The molecule has 1 heterocycles. The van der Waals surface area contributed by atoms with E-state index in [0.717, 1.165) is 0 Å². The van der Waals surface area contributed by atoms with Crippen LogP contribution in [0.1, 0.15) is 16.1 Å². The minimum Gasteiger partial charge on any atom is -0.292 e. The van der Waals surface area contributed by atoms with Crippen molar-refractivity contribution in [3.05, 3.63) is 16.6 Å². The standard InChI is InChI=1S/C7H5NOS/c1-2-3-6(9)7-4-8-5-10-7/h1,4-5H,3H2. The molecule has 0 atom stereocenters. The van der Waals surface area contributed by atoms with Crippen molar-refractivity contribution >= 4 is 17.1 Å². The van der Waals surface area contributed by atoms with Crippen LogP contribution < -0.4 is 0 Å². The molecule has 50 valence electrons. The average Bonchev–Trinajstić information content (AvgIpc) is 2.38. The van der Waals surface area contributed by atoms with Gasteiger partial charge in [0, 0.05) is 6.20 Å². The Balaban J connectivity index is 2.71. The number of hydrogen-bond donors (Lipinski definition) is 0. The summed E-state index contributed by atoms with van der Waals surface area (Å²) in [5.74, 6) is 2.26. The Morgan fingerprint density at radius 2 is 2.70 bits per heavy atom. The van der Waals surface area contributed by atoms with Crippen LogP contribution in [0.15, 0.2) is 11.7 Å². The summed E-state index contributed by atoms with van der Waals surface area (Å²) >= 11 is 1.31. The van der Waals surface area contributed by atoms with E-state index in [4.69, 9.17) is 6.42 Å². The van der Waals surface area contributed by atoms with Gasteiger partial charge >= 0.3 is 0 Å². The lowest BCUT2D eigenvalue weighted by molar-refractivity contribution is 0.100. The van der Waals surface area contributed by atoms with Crippen LogP contribution in [-0.4, -0.2) is 10.8 Å². The number of carbonyl (C=O) groups excluding carboxylic acids is 1. The molecule has 1 aromatic rings. The monoisotopic (exact) mass is 151 g/mol. The van der Waals surface area contributed by atoms with Crippen molar-refractivity contribution in [3.8, 4) is 12.3 Å². The number of carbonyl (C=O) groups is 1. The molecule has 0 unspecified atom stereocenters. The lowest BCUT2D eigenvalue weighted by Gasteiger charge is -1.85. The third-order valence-electron chi connectivity index (χ3n) is 0.970. The summed E-state index contributed by atoms with van der Waals surface area (Å²) in [6.07, 6.45) is 6.65. The highest BCUT2D eigenvalue weighted by atomic mass is 32.1. The van der Waals surface area contributed by atoms with Crippen molar-refractivity contribution in [3.63, 3.8) is 0 Å². The van der Waals surface area contributed by atoms with Gasteiger partial charge in [-0.15, -0.1) is 17.8 Å². The van der Waals surface area contributed by atoms with Gasteiger partial charge in [0.1, 0.15) is 0 Å². The molecule has 3 heteroatoms. The van der Waals surface area contributed by atoms with Crippen molar-refractivity contribution in [1.82, 2.24) is 4.98 Å². The molecule has 0 fully saturated rings. The van der Waals surface area contributed by atoms with Crippen LogP contribution in [0.2, 0.25) is 0 Å². The SMILES string of the molecule is C#CCC(=O)c1cncs1. The highest BCUT2D eigenvalue weighted by Crippen LogP contribution is 2.07. The van der Waals surface area contributed by atoms with Crippen molar-refractivity contribution in [1.29, 1.82) is 0 Å². The third-order valence-corrected chi connectivity index (χ3v) is 1.78. The second-order valence-corrected chi connectivity index (χ2v) is 2.56. The van der Waals surface area contributed by atoms with Gasteiger partial charge in [-0.05, 0) is 0 Å². The summed E-state index contributed by atoms with van der Waals surface area (Å²) in [5.41, 5.74) is 1.61. The first-order valence-corrected chi connectivity index (χ1v) is 3.57. The molecule has 0 aromatic carbocycles. The molecule has 0 N–H and O–H groups in total.